The zero-order valence-electron chi connectivity index (χ0n) is 13.5. The number of fused-ring (bicyclic) bond motifs is 1. The zero-order valence-corrected chi connectivity index (χ0v) is 13.5. The van der Waals surface area contributed by atoms with Gasteiger partial charge in [-0.3, -0.25) is 9.69 Å². The third kappa shape index (κ3) is 3.98. The highest BCUT2D eigenvalue weighted by atomic mass is 16.5. The SMILES string of the molecule is CC(=O)N1CC[C@H]2O[C@H](COCCN3CCOCC3)CC[C@H]21. The third-order valence-corrected chi connectivity index (χ3v) is 5.00. The van der Waals surface area contributed by atoms with E-state index < -0.39 is 0 Å². The maximum Gasteiger partial charge on any atom is 0.219 e. The summed E-state index contributed by atoms with van der Waals surface area (Å²) in [7, 11) is 0. The van der Waals surface area contributed by atoms with E-state index in [0.29, 0.717) is 12.6 Å². The van der Waals surface area contributed by atoms with Gasteiger partial charge in [-0.05, 0) is 19.3 Å². The van der Waals surface area contributed by atoms with Crippen LogP contribution in [0, 0.1) is 0 Å². The maximum absolute atomic E-state index is 11.6. The molecule has 0 aliphatic carbocycles. The largest absolute Gasteiger partial charge is 0.379 e. The molecular weight excluding hydrogens is 284 g/mol. The first-order chi connectivity index (χ1) is 10.7. The van der Waals surface area contributed by atoms with Crippen LogP contribution in [0.4, 0.5) is 0 Å². The summed E-state index contributed by atoms with van der Waals surface area (Å²) in [4.78, 5) is 15.9. The molecule has 0 saturated carbocycles. The molecule has 3 aliphatic rings. The van der Waals surface area contributed by atoms with Crippen molar-refractivity contribution in [2.45, 2.75) is 44.4 Å². The van der Waals surface area contributed by atoms with Crippen LogP contribution in [0.2, 0.25) is 0 Å². The van der Waals surface area contributed by atoms with Crippen LogP contribution in [0.25, 0.3) is 0 Å². The van der Waals surface area contributed by atoms with Crippen LogP contribution >= 0.6 is 0 Å². The van der Waals surface area contributed by atoms with Crippen molar-refractivity contribution in [1.82, 2.24) is 9.80 Å². The van der Waals surface area contributed by atoms with E-state index in [4.69, 9.17) is 14.2 Å². The van der Waals surface area contributed by atoms with Gasteiger partial charge in [-0.15, -0.1) is 0 Å². The van der Waals surface area contributed by atoms with Crippen LogP contribution in [-0.4, -0.2) is 86.6 Å². The Kier molecular flexibility index (Phi) is 5.68. The predicted molar refractivity (Wildman–Crippen MR) is 81.8 cm³/mol. The second-order valence-electron chi connectivity index (χ2n) is 6.47. The maximum atomic E-state index is 11.6. The first kappa shape index (κ1) is 16.2. The Morgan fingerprint density at radius 1 is 1.18 bits per heavy atom. The van der Waals surface area contributed by atoms with E-state index >= 15 is 0 Å². The standard InChI is InChI=1S/C16H28N2O4/c1-13(19)18-5-4-16-15(18)3-2-14(22-16)12-21-11-8-17-6-9-20-10-7-17/h14-16H,2-12H2,1H3/t14-,15+,16+/m0/s1. The number of rotatable bonds is 5. The highest BCUT2D eigenvalue weighted by Gasteiger charge is 2.40. The van der Waals surface area contributed by atoms with E-state index in [1.807, 2.05) is 4.90 Å². The molecule has 3 heterocycles. The highest BCUT2D eigenvalue weighted by molar-refractivity contribution is 5.74. The monoisotopic (exact) mass is 312 g/mol. The Bertz CT molecular complexity index is 373. The second-order valence-corrected chi connectivity index (χ2v) is 6.47. The molecule has 3 saturated heterocycles. The van der Waals surface area contributed by atoms with Crippen LogP contribution in [-0.2, 0) is 19.0 Å². The fraction of sp³-hybridized carbons (Fsp3) is 0.938. The van der Waals surface area contributed by atoms with E-state index in [1.165, 1.54) is 0 Å². The lowest BCUT2D eigenvalue weighted by molar-refractivity contribution is -0.136. The van der Waals surface area contributed by atoms with E-state index in [-0.39, 0.29) is 18.1 Å². The third-order valence-electron chi connectivity index (χ3n) is 5.00. The van der Waals surface area contributed by atoms with Crippen molar-refractivity contribution in [2.24, 2.45) is 0 Å². The Morgan fingerprint density at radius 3 is 2.77 bits per heavy atom. The van der Waals surface area contributed by atoms with Crippen molar-refractivity contribution >= 4 is 5.91 Å². The first-order valence-electron chi connectivity index (χ1n) is 8.54. The normalized spacial score (nSPS) is 33.0. The number of nitrogens with zero attached hydrogens (tertiary/aromatic N) is 2. The Labute approximate surface area is 132 Å². The summed E-state index contributed by atoms with van der Waals surface area (Å²) in [6.07, 6.45) is 3.40. The Morgan fingerprint density at radius 2 is 2.00 bits per heavy atom. The lowest BCUT2D eigenvalue weighted by Gasteiger charge is -2.35. The van der Waals surface area contributed by atoms with Crippen molar-refractivity contribution in [3.05, 3.63) is 0 Å². The molecule has 0 aromatic carbocycles. The topological polar surface area (TPSA) is 51.2 Å². The average molecular weight is 312 g/mol. The molecule has 3 rings (SSSR count). The minimum absolute atomic E-state index is 0.177. The summed E-state index contributed by atoms with van der Waals surface area (Å²) in [6, 6.07) is 0.294. The Balaban J connectivity index is 1.32. The molecule has 0 spiro atoms. The van der Waals surface area contributed by atoms with Gasteiger partial charge < -0.3 is 19.1 Å². The van der Waals surface area contributed by atoms with E-state index in [2.05, 4.69) is 4.90 Å². The summed E-state index contributed by atoms with van der Waals surface area (Å²) in [5, 5.41) is 0. The van der Waals surface area contributed by atoms with Gasteiger partial charge >= 0.3 is 0 Å². The number of hydrogen-bond acceptors (Lipinski definition) is 5. The van der Waals surface area contributed by atoms with E-state index in [1.54, 1.807) is 6.92 Å². The van der Waals surface area contributed by atoms with Crippen LogP contribution in [0.5, 0.6) is 0 Å². The molecule has 3 aliphatic heterocycles. The number of carbonyl (C=O) groups excluding carboxylic acids is 1. The molecule has 3 fully saturated rings. The molecule has 6 nitrogen and oxygen atoms in total. The number of ether oxygens (including phenoxy) is 3. The summed E-state index contributed by atoms with van der Waals surface area (Å²) in [5.74, 6) is 0.177. The summed E-state index contributed by atoms with van der Waals surface area (Å²) < 4.78 is 17.3. The molecule has 0 unspecified atom stereocenters. The van der Waals surface area contributed by atoms with Gasteiger partial charge in [-0.2, -0.15) is 0 Å². The van der Waals surface area contributed by atoms with Gasteiger partial charge in [0.1, 0.15) is 0 Å². The van der Waals surface area contributed by atoms with Crippen molar-refractivity contribution in [3.63, 3.8) is 0 Å². The molecular formula is C16H28N2O4. The minimum atomic E-state index is 0.177. The number of hydrogen-bond donors (Lipinski definition) is 0. The first-order valence-corrected chi connectivity index (χ1v) is 8.54. The van der Waals surface area contributed by atoms with Crippen LogP contribution in [0.1, 0.15) is 26.2 Å². The van der Waals surface area contributed by atoms with Gasteiger partial charge in [-0.1, -0.05) is 0 Å². The van der Waals surface area contributed by atoms with Crippen molar-refractivity contribution < 1.29 is 19.0 Å². The van der Waals surface area contributed by atoms with Gasteiger partial charge in [0.05, 0.1) is 44.7 Å². The molecule has 126 valence electrons. The fourth-order valence-corrected chi connectivity index (χ4v) is 3.74. The molecule has 3 atom stereocenters. The number of likely N-dealkylation sites (tertiary alicyclic amines) is 1. The summed E-state index contributed by atoms with van der Waals surface area (Å²) in [6.45, 7) is 8.59. The van der Waals surface area contributed by atoms with Crippen LogP contribution < -0.4 is 0 Å². The smallest absolute Gasteiger partial charge is 0.219 e. The summed E-state index contributed by atoms with van der Waals surface area (Å²) in [5.41, 5.74) is 0. The van der Waals surface area contributed by atoms with Gasteiger partial charge in [0.25, 0.3) is 0 Å². The van der Waals surface area contributed by atoms with Gasteiger partial charge in [-0.25, -0.2) is 0 Å². The average Bonchev–Trinajstić information content (AvgIpc) is 2.96. The van der Waals surface area contributed by atoms with E-state index in [9.17, 15) is 4.79 Å². The molecule has 0 aromatic rings. The molecule has 0 N–H and O–H groups in total. The van der Waals surface area contributed by atoms with E-state index in [0.717, 1.165) is 65.3 Å². The van der Waals surface area contributed by atoms with Crippen LogP contribution in [0.15, 0.2) is 0 Å². The molecule has 0 radical (unpaired) electrons. The quantitative estimate of drug-likeness (QED) is 0.692. The Hall–Kier alpha value is -0.690. The molecule has 22 heavy (non-hydrogen) atoms. The second kappa shape index (κ2) is 7.73. The number of morpholine rings is 1. The van der Waals surface area contributed by atoms with Gasteiger partial charge in [0.2, 0.25) is 5.91 Å². The predicted octanol–water partition coefficient (Wildman–Crippen LogP) is 0.504. The molecule has 1 amide bonds. The molecule has 0 aromatic heterocycles. The highest BCUT2D eigenvalue weighted by Crippen LogP contribution is 2.31. The number of amides is 1. The van der Waals surface area contributed by atoms with Gasteiger partial charge in [0.15, 0.2) is 0 Å². The minimum Gasteiger partial charge on any atom is -0.379 e. The van der Waals surface area contributed by atoms with Crippen molar-refractivity contribution in [2.75, 3.05) is 52.6 Å². The molecule has 6 heteroatoms. The fourth-order valence-electron chi connectivity index (χ4n) is 3.74. The lowest BCUT2D eigenvalue weighted by atomic mass is 9.99. The number of carbonyl (C=O) groups is 1. The van der Waals surface area contributed by atoms with Gasteiger partial charge in [0, 0.05) is 33.1 Å². The van der Waals surface area contributed by atoms with Crippen molar-refractivity contribution in [1.29, 1.82) is 0 Å². The lowest BCUT2D eigenvalue weighted by Crippen LogP contribution is -2.45. The summed E-state index contributed by atoms with van der Waals surface area (Å²) >= 11 is 0. The zero-order chi connectivity index (χ0) is 15.4. The van der Waals surface area contributed by atoms with Crippen LogP contribution in [0.3, 0.4) is 0 Å². The molecule has 0 bridgehead atoms. The van der Waals surface area contributed by atoms with Crippen molar-refractivity contribution in [3.8, 4) is 0 Å².